The second-order valence-electron chi connectivity index (χ2n) is 6.43. The Kier molecular flexibility index (Phi) is 5.10. The van der Waals surface area contributed by atoms with Gasteiger partial charge < -0.3 is 5.32 Å². The van der Waals surface area contributed by atoms with Crippen molar-refractivity contribution in [1.29, 1.82) is 5.26 Å². The van der Waals surface area contributed by atoms with Crippen LogP contribution in [0.25, 0.3) is 0 Å². The van der Waals surface area contributed by atoms with Gasteiger partial charge in [0.25, 0.3) is 0 Å². The average Bonchev–Trinajstić information content (AvgIpc) is 3.42. The van der Waals surface area contributed by atoms with Gasteiger partial charge >= 0.3 is 0 Å². The van der Waals surface area contributed by atoms with Crippen LogP contribution in [-0.4, -0.2) is 16.9 Å². The molecule has 5 heteroatoms. The van der Waals surface area contributed by atoms with Crippen LogP contribution in [0.15, 0.2) is 35.4 Å². The molecular formula is C20H21N3OS. The SMILES string of the molecule is Cc1nc(SC(C(=O)NC2CC2)c2ccccc2)c(C#N)c(C)c1C. The van der Waals surface area contributed by atoms with Crippen LogP contribution >= 0.6 is 11.8 Å². The van der Waals surface area contributed by atoms with Crippen molar-refractivity contribution in [1.82, 2.24) is 10.3 Å². The molecule has 128 valence electrons. The number of nitrogens with zero attached hydrogens (tertiary/aromatic N) is 2. The number of pyridine rings is 1. The van der Waals surface area contributed by atoms with Crippen LogP contribution in [0.4, 0.5) is 0 Å². The van der Waals surface area contributed by atoms with E-state index in [2.05, 4.69) is 16.4 Å². The average molecular weight is 351 g/mol. The second kappa shape index (κ2) is 7.28. The van der Waals surface area contributed by atoms with Crippen LogP contribution in [0.2, 0.25) is 0 Å². The van der Waals surface area contributed by atoms with E-state index in [4.69, 9.17) is 0 Å². The quantitative estimate of drug-likeness (QED) is 0.827. The van der Waals surface area contributed by atoms with Gasteiger partial charge in [0.15, 0.2) is 0 Å². The molecule has 1 unspecified atom stereocenters. The van der Waals surface area contributed by atoms with Crippen LogP contribution in [0.3, 0.4) is 0 Å². The van der Waals surface area contributed by atoms with Gasteiger partial charge in [-0.1, -0.05) is 42.1 Å². The van der Waals surface area contributed by atoms with Crippen molar-refractivity contribution in [2.75, 3.05) is 0 Å². The molecule has 25 heavy (non-hydrogen) atoms. The largest absolute Gasteiger partial charge is 0.352 e. The van der Waals surface area contributed by atoms with Crippen molar-refractivity contribution in [2.24, 2.45) is 0 Å². The Balaban J connectivity index is 1.98. The molecule has 0 spiro atoms. The molecule has 1 saturated carbocycles. The molecule has 2 aromatic rings. The topological polar surface area (TPSA) is 65.8 Å². The number of nitrogens with one attached hydrogen (secondary N) is 1. The Morgan fingerprint density at radius 1 is 1.24 bits per heavy atom. The van der Waals surface area contributed by atoms with Crippen molar-refractivity contribution in [2.45, 2.75) is 49.9 Å². The molecule has 4 nitrogen and oxygen atoms in total. The number of rotatable bonds is 5. The predicted octanol–water partition coefficient (Wildman–Crippen LogP) is 3.99. The van der Waals surface area contributed by atoms with E-state index in [9.17, 15) is 10.1 Å². The molecule has 0 saturated heterocycles. The number of benzene rings is 1. The smallest absolute Gasteiger partial charge is 0.238 e. The van der Waals surface area contributed by atoms with Gasteiger partial charge in [-0.2, -0.15) is 5.26 Å². The van der Waals surface area contributed by atoms with E-state index in [-0.39, 0.29) is 5.91 Å². The van der Waals surface area contributed by atoms with Crippen LogP contribution in [0, 0.1) is 32.1 Å². The highest BCUT2D eigenvalue weighted by Crippen LogP contribution is 2.38. The molecule has 1 aromatic heterocycles. The third-order valence-corrected chi connectivity index (χ3v) is 5.81. The summed E-state index contributed by atoms with van der Waals surface area (Å²) in [6, 6.07) is 12.2. The van der Waals surface area contributed by atoms with Crippen LogP contribution < -0.4 is 5.32 Å². The van der Waals surface area contributed by atoms with Gasteiger partial charge in [-0.05, 0) is 50.3 Å². The van der Waals surface area contributed by atoms with E-state index in [1.807, 2.05) is 51.1 Å². The third-order valence-electron chi connectivity index (χ3n) is 4.57. The first-order valence-electron chi connectivity index (χ1n) is 8.41. The van der Waals surface area contributed by atoms with Crippen molar-refractivity contribution < 1.29 is 4.79 Å². The Hall–Kier alpha value is -2.32. The number of aromatic nitrogens is 1. The molecule has 1 aliphatic carbocycles. The van der Waals surface area contributed by atoms with Gasteiger partial charge in [-0.25, -0.2) is 4.98 Å². The standard InChI is InChI=1S/C20H21N3OS/c1-12-13(2)17(11-21)20(22-14(12)3)25-18(15-7-5-4-6-8-15)19(24)23-16-9-10-16/h4-8,16,18H,9-10H2,1-3H3,(H,23,24). The van der Waals surface area contributed by atoms with Crippen LogP contribution in [-0.2, 0) is 4.79 Å². The second-order valence-corrected chi connectivity index (χ2v) is 7.52. The Labute approximate surface area is 152 Å². The number of carbonyl (C=O) groups is 1. The fourth-order valence-corrected chi connectivity index (χ4v) is 3.84. The van der Waals surface area contributed by atoms with Crippen molar-refractivity contribution in [3.63, 3.8) is 0 Å². The molecule has 0 aliphatic heterocycles. The number of hydrogen-bond acceptors (Lipinski definition) is 4. The first kappa shape index (κ1) is 17.5. The molecule has 0 bridgehead atoms. The maximum Gasteiger partial charge on any atom is 0.238 e. The first-order chi connectivity index (χ1) is 12.0. The molecule has 1 fully saturated rings. The summed E-state index contributed by atoms with van der Waals surface area (Å²) in [7, 11) is 0. The minimum atomic E-state index is -0.414. The molecule has 1 amide bonds. The highest BCUT2D eigenvalue weighted by Gasteiger charge is 2.30. The lowest BCUT2D eigenvalue weighted by Gasteiger charge is -2.18. The van der Waals surface area contributed by atoms with Crippen LogP contribution in [0.5, 0.6) is 0 Å². The van der Waals surface area contributed by atoms with Gasteiger partial charge in [-0.15, -0.1) is 0 Å². The van der Waals surface area contributed by atoms with E-state index < -0.39 is 5.25 Å². The summed E-state index contributed by atoms with van der Waals surface area (Å²) >= 11 is 1.36. The van der Waals surface area contributed by atoms with E-state index in [1.54, 1.807) is 0 Å². The van der Waals surface area contributed by atoms with Gasteiger partial charge in [0.05, 0.1) is 5.56 Å². The minimum absolute atomic E-state index is 0.0136. The number of nitriles is 1. The number of amides is 1. The summed E-state index contributed by atoms with van der Waals surface area (Å²) in [5.74, 6) is -0.0136. The van der Waals surface area contributed by atoms with Crippen molar-refractivity contribution in [3.8, 4) is 6.07 Å². The van der Waals surface area contributed by atoms with Gasteiger partial charge in [0, 0.05) is 11.7 Å². The van der Waals surface area contributed by atoms with E-state index >= 15 is 0 Å². The molecular weight excluding hydrogens is 330 g/mol. The zero-order valence-electron chi connectivity index (χ0n) is 14.7. The zero-order chi connectivity index (χ0) is 18.0. The summed E-state index contributed by atoms with van der Waals surface area (Å²) in [5.41, 5.74) is 4.35. The summed E-state index contributed by atoms with van der Waals surface area (Å²) in [5, 5.41) is 12.9. The monoisotopic (exact) mass is 351 g/mol. The van der Waals surface area contributed by atoms with E-state index in [0.717, 1.165) is 35.2 Å². The summed E-state index contributed by atoms with van der Waals surface area (Å²) in [4.78, 5) is 17.4. The maximum absolute atomic E-state index is 12.8. The van der Waals surface area contributed by atoms with E-state index in [0.29, 0.717) is 16.6 Å². The highest BCUT2D eigenvalue weighted by atomic mass is 32.2. The van der Waals surface area contributed by atoms with Gasteiger partial charge in [-0.3, -0.25) is 4.79 Å². The summed E-state index contributed by atoms with van der Waals surface area (Å²) in [6.45, 7) is 5.85. The number of hydrogen-bond donors (Lipinski definition) is 1. The lowest BCUT2D eigenvalue weighted by Crippen LogP contribution is -2.29. The third kappa shape index (κ3) is 3.85. The van der Waals surface area contributed by atoms with Gasteiger partial charge in [0.1, 0.15) is 16.3 Å². The van der Waals surface area contributed by atoms with Crippen molar-refractivity contribution in [3.05, 3.63) is 58.3 Å². The maximum atomic E-state index is 12.8. The fourth-order valence-electron chi connectivity index (χ4n) is 2.65. The number of carbonyl (C=O) groups excluding carboxylic acids is 1. The Morgan fingerprint density at radius 2 is 1.92 bits per heavy atom. The van der Waals surface area contributed by atoms with E-state index in [1.165, 1.54) is 11.8 Å². The normalized spacial score (nSPS) is 14.6. The number of thioether (sulfide) groups is 1. The molecule has 0 radical (unpaired) electrons. The molecule has 1 aliphatic rings. The van der Waals surface area contributed by atoms with Gasteiger partial charge in [0.2, 0.25) is 5.91 Å². The lowest BCUT2D eigenvalue weighted by molar-refractivity contribution is -0.120. The minimum Gasteiger partial charge on any atom is -0.352 e. The molecule has 1 atom stereocenters. The predicted molar refractivity (Wildman–Crippen MR) is 99.4 cm³/mol. The van der Waals surface area contributed by atoms with Crippen molar-refractivity contribution >= 4 is 17.7 Å². The Morgan fingerprint density at radius 3 is 2.52 bits per heavy atom. The fraction of sp³-hybridized carbons (Fsp3) is 0.350. The molecule has 1 aromatic carbocycles. The molecule has 1 N–H and O–H groups in total. The molecule has 3 rings (SSSR count). The number of aryl methyl sites for hydroxylation is 1. The summed E-state index contributed by atoms with van der Waals surface area (Å²) in [6.07, 6.45) is 2.09. The zero-order valence-corrected chi connectivity index (χ0v) is 15.5. The lowest BCUT2D eigenvalue weighted by atomic mass is 10.1. The first-order valence-corrected chi connectivity index (χ1v) is 9.29. The molecule has 1 heterocycles. The Bertz CT molecular complexity index is 838. The highest BCUT2D eigenvalue weighted by molar-refractivity contribution is 8.00. The summed E-state index contributed by atoms with van der Waals surface area (Å²) < 4.78 is 0. The van der Waals surface area contributed by atoms with Crippen LogP contribution in [0.1, 0.15) is 46.0 Å².